The maximum Gasteiger partial charge on any atom is 0.118 e. The maximum atomic E-state index is 5.19. The van der Waals surface area contributed by atoms with Gasteiger partial charge in [-0.2, -0.15) is 0 Å². The maximum absolute atomic E-state index is 5.19. The zero-order valence-corrected chi connectivity index (χ0v) is 12.0. The second kappa shape index (κ2) is 6.00. The molecule has 0 amide bonds. The first-order chi connectivity index (χ1) is 9.86. The van der Waals surface area contributed by atoms with Crippen molar-refractivity contribution in [1.29, 1.82) is 0 Å². The van der Waals surface area contributed by atoms with Crippen molar-refractivity contribution in [2.24, 2.45) is 0 Å². The number of benzene rings is 2. The summed E-state index contributed by atoms with van der Waals surface area (Å²) in [5.41, 5.74) is 5.63. The van der Waals surface area contributed by atoms with Gasteiger partial charge in [0.05, 0.1) is 7.11 Å². The zero-order chi connectivity index (χ0) is 13.8. The van der Waals surface area contributed by atoms with Crippen LogP contribution in [0.3, 0.4) is 0 Å². The highest BCUT2D eigenvalue weighted by atomic mass is 16.5. The molecule has 2 aromatic rings. The largest absolute Gasteiger partial charge is 0.497 e. The molecule has 0 heterocycles. The summed E-state index contributed by atoms with van der Waals surface area (Å²) in [5, 5.41) is 3.59. The van der Waals surface area contributed by atoms with Gasteiger partial charge in [-0.3, -0.25) is 0 Å². The summed E-state index contributed by atoms with van der Waals surface area (Å²) in [6, 6.07) is 14.9. The summed E-state index contributed by atoms with van der Waals surface area (Å²) < 4.78 is 5.19. The Labute approximate surface area is 120 Å². The molecular weight excluding hydrogens is 246 g/mol. The summed E-state index contributed by atoms with van der Waals surface area (Å²) >= 11 is 0. The number of ether oxygens (including phenoxy) is 1. The van der Waals surface area contributed by atoms with E-state index >= 15 is 0 Å². The Morgan fingerprint density at radius 3 is 2.60 bits per heavy atom. The van der Waals surface area contributed by atoms with Gasteiger partial charge in [-0.25, -0.2) is 0 Å². The van der Waals surface area contributed by atoms with E-state index in [1.165, 1.54) is 48.1 Å². The first kappa shape index (κ1) is 13.0. The average Bonchev–Trinajstić information content (AvgIpc) is 2.53. The van der Waals surface area contributed by atoms with Crippen LogP contribution in [-0.4, -0.2) is 7.11 Å². The van der Waals surface area contributed by atoms with Gasteiger partial charge in [-0.15, -0.1) is 0 Å². The lowest BCUT2D eigenvalue weighted by molar-refractivity contribution is 0.414. The molecule has 20 heavy (non-hydrogen) atoms. The lowest BCUT2D eigenvalue weighted by Crippen LogP contribution is -2.08. The summed E-state index contributed by atoms with van der Waals surface area (Å²) in [6.07, 6.45) is 5.08. The third-order valence-corrected chi connectivity index (χ3v) is 4.04. The molecule has 0 unspecified atom stereocenters. The predicted molar refractivity (Wildman–Crippen MR) is 83.4 cm³/mol. The second-order valence-corrected chi connectivity index (χ2v) is 5.35. The monoisotopic (exact) mass is 267 g/mol. The Balaban J connectivity index is 1.71. The van der Waals surface area contributed by atoms with Crippen molar-refractivity contribution in [1.82, 2.24) is 0 Å². The standard InChI is InChI=1S/C18H21NO/c1-20-16-11-9-14(10-12-16)13-19-18-8-4-6-15-5-2-3-7-17(15)18/h4,6,8-12,19H,2-3,5,7,13H2,1H3. The van der Waals surface area contributed by atoms with E-state index in [1.54, 1.807) is 7.11 Å². The average molecular weight is 267 g/mol. The van der Waals surface area contributed by atoms with Gasteiger partial charge in [-0.1, -0.05) is 24.3 Å². The van der Waals surface area contributed by atoms with Crippen molar-refractivity contribution in [3.8, 4) is 5.75 Å². The molecule has 2 heteroatoms. The summed E-state index contributed by atoms with van der Waals surface area (Å²) in [7, 11) is 1.70. The van der Waals surface area contributed by atoms with Crippen LogP contribution in [0.2, 0.25) is 0 Å². The first-order valence-electron chi connectivity index (χ1n) is 7.34. The van der Waals surface area contributed by atoms with Gasteiger partial charge < -0.3 is 10.1 Å². The van der Waals surface area contributed by atoms with E-state index in [1.807, 2.05) is 12.1 Å². The van der Waals surface area contributed by atoms with Gasteiger partial charge in [0.15, 0.2) is 0 Å². The van der Waals surface area contributed by atoms with Crippen molar-refractivity contribution in [2.75, 3.05) is 12.4 Å². The Morgan fingerprint density at radius 2 is 1.80 bits per heavy atom. The molecule has 2 aromatic carbocycles. The van der Waals surface area contributed by atoms with Crippen LogP contribution in [0, 0.1) is 0 Å². The van der Waals surface area contributed by atoms with Crippen molar-refractivity contribution in [3.05, 3.63) is 59.2 Å². The van der Waals surface area contributed by atoms with E-state index in [9.17, 15) is 0 Å². The molecule has 0 bridgehead atoms. The number of anilines is 1. The van der Waals surface area contributed by atoms with Crippen molar-refractivity contribution in [2.45, 2.75) is 32.2 Å². The van der Waals surface area contributed by atoms with Crippen LogP contribution >= 0.6 is 0 Å². The molecule has 0 fully saturated rings. The summed E-state index contributed by atoms with van der Waals surface area (Å²) in [6.45, 7) is 0.862. The summed E-state index contributed by atoms with van der Waals surface area (Å²) in [5.74, 6) is 0.908. The van der Waals surface area contributed by atoms with Gasteiger partial charge >= 0.3 is 0 Å². The highest BCUT2D eigenvalue weighted by Crippen LogP contribution is 2.28. The molecule has 0 aliphatic heterocycles. The number of hydrogen-bond acceptors (Lipinski definition) is 2. The minimum atomic E-state index is 0.862. The smallest absolute Gasteiger partial charge is 0.118 e. The minimum absolute atomic E-state index is 0.862. The molecule has 1 N–H and O–H groups in total. The van der Waals surface area contributed by atoms with Crippen molar-refractivity contribution in [3.63, 3.8) is 0 Å². The van der Waals surface area contributed by atoms with E-state index in [0.29, 0.717) is 0 Å². The SMILES string of the molecule is COc1ccc(CNc2cccc3c2CCCC3)cc1. The first-order valence-corrected chi connectivity index (χ1v) is 7.34. The highest BCUT2D eigenvalue weighted by molar-refractivity contribution is 5.56. The fourth-order valence-electron chi connectivity index (χ4n) is 2.89. The van der Waals surface area contributed by atoms with Crippen molar-refractivity contribution >= 4 is 5.69 Å². The fraction of sp³-hybridized carbons (Fsp3) is 0.333. The van der Waals surface area contributed by atoms with Gasteiger partial charge in [-0.05, 0) is 60.6 Å². The molecular formula is C18H21NO. The van der Waals surface area contributed by atoms with E-state index < -0.39 is 0 Å². The van der Waals surface area contributed by atoms with E-state index in [2.05, 4.69) is 35.6 Å². The zero-order valence-electron chi connectivity index (χ0n) is 12.0. The third kappa shape index (κ3) is 2.79. The van der Waals surface area contributed by atoms with Crippen LogP contribution in [0.25, 0.3) is 0 Å². The Kier molecular flexibility index (Phi) is 3.91. The normalized spacial score (nSPS) is 13.7. The van der Waals surface area contributed by atoms with Gasteiger partial charge in [0.2, 0.25) is 0 Å². The van der Waals surface area contributed by atoms with Crippen molar-refractivity contribution < 1.29 is 4.74 Å². The van der Waals surface area contributed by atoms with Crippen LogP contribution in [0.15, 0.2) is 42.5 Å². The third-order valence-electron chi connectivity index (χ3n) is 4.04. The van der Waals surface area contributed by atoms with E-state index in [0.717, 1.165) is 12.3 Å². The topological polar surface area (TPSA) is 21.3 Å². The predicted octanol–water partition coefficient (Wildman–Crippen LogP) is 4.19. The lowest BCUT2D eigenvalue weighted by Gasteiger charge is -2.20. The van der Waals surface area contributed by atoms with Gasteiger partial charge in [0.25, 0.3) is 0 Å². The number of rotatable bonds is 4. The fourth-order valence-corrected chi connectivity index (χ4v) is 2.89. The number of nitrogens with one attached hydrogen (secondary N) is 1. The molecule has 104 valence electrons. The molecule has 3 rings (SSSR count). The van der Waals surface area contributed by atoms with Crippen LogP contribution in [0.1, 0.15) is 29.5 Å². The molecule has 0 saturated carbocycles. The molecule has 0 spiro atoms. The second-order valence-electron chi connectivity index (χ2n) is 5.35. The number of fused-ring (bicyclic) bond motifs is 1. The minimum Gasteiger partial charge on any atom is -0.497 e. The molecule has 0 saturated heterocycles. The number of aryl methyl sites for hydroxylation is 1. The highest BCUT2D eigenvalue weighted by Gasteiger charge is 2.12. The van der Waals surface area contributed by atoms with Crippen LogP contribution in [0.5, 0.6) is 5.75 Å². The molecule has 0 radical (unpaired) electrons. The molecule has 1 aliphatic carbocycles. The molecule has 2 nitrogen and oxygen atoms in total. The van der Waals surface area contributed by atoms with Crippen LogP contribution in [0.4, 0.5) is 5.69 Å². The van der Waals surface area contributed by atoms with E-state index in [-0.39, 0.29) is 0 Å². The van der Waals surface area contributed by atoms with Gasteiger partial charge in [0.1, 0.15) is 5.75 Å². The van der Waals surface area contributed by atoms with Crippen LogP contribution < -0.4 is 10.1 Å². The molecule has 1 aliphatic rings. The van der Waals surface area contributed by atoms with E-state index in [4.69, 9.17) is 4.74 Å². The molecule has 0 atom stereocenters. The van der Waals surface area contributed by atoms with Crippen LogP contribution in [-0.2, 0) is 19.4 Å². The Bertz CT molecular complexity index is 574. The number of hydrogen-bond donors (Lipinski definition) is 1. The Morgan fingerprint density at radius 1 is 1.00 bits per heavy atom. The Hall–Kier alpha value is -1.96. The summed E-state index contributed by atoms with van der Waals surface area (Å²) in [4.78, 5) is 0. The van der Waals surface area contributed by atoms with Gasteiger partial charge in [0, 0.05) is 12.2 Å². The quantitative estimate of drug-likeness (QED) is 0.897. The number of methoxy groups -OCH3 is 1. The molecule has 0 aromatic heterocycles. The lowest BCUT2D eigenvalue weighted by atomic mass is 9.90.